The van der Waals surface area contributed by atoms with Gasteiger partial charge in [0.1, 0.15) is 5.82 Å². The van der Waals surface area contributed by atoms with Gasteiger partial charge in [0.25, 0.3) is 0 Å². The van der Waals surface area contributed by atoms with E-state index in [0.29, 0.717) is 24.7 Å². The number of hydrogen-bond acceptors (Lipinski definition) is 4. The molecule has 23 heavy (non-hydrogen) atoms. The van der Waals surface area contributed by atoms with Crippen LogP contribution in [0.1, 0.15) is 19.8 Å². The summed E-state index contributed by atoms with van der Waals surface area (Å²) < 4.78 is 0. The van der Waals surface area contributed by atoms with Crippen molar-refractivity contribution in [1.29, 1.82) is 0 Å². The van der Waals surface area contributed by atoms with Crippen molar-refractivity contribution in [2.45, 2.75) is 31.9 Å². The molecule has 2 saturated heterocycles. The second-order valence-electron chi connectivity index (χ2n) is 6.47. The summed E-state index contributed by atoms with van der Waals surface area (Å²) >= 11 is 6.18. The van der Waals surface area contributed by atoms with Crippen molar-refractivity contribution >= 4 is 23.4 Å². The molecule has 3 unspecified atom stereocenters. The zero-order valence-corrected chi connectivity index (χ0v) is 14.0. The van der Waals surface area contributed by atoms with Crippen molar-refractivity contribution in [1.82, 2.24) is 15.2 Å². The Morgan fingerprint density at radius 3 is 2.96 bits per heavy atom. The van der Waals surface area contributed by atoms with Crippen LogP contribution in [0, 0.1) is 5.92 Å². The van der Waals surface area contributed by atoms with Crippen LogP contribution in [0.4, 0.5) is 10.6 Å². The number of carbonyl (C=O) groups is 1. The van der Waals surface area contributed by atoms with E-state index in [4.69, 9.17) is 11.6 Å². The molecule has 3 heterocycles. The van der Waals surface area contributed by atoms with Gasteiger partial charge in [0.05, 0.1) is 11.1 Å². The summed E-state index contributed by atoms with van der Waals surface area (Å²) in [6, 6.07) is 3.63. The second-order valence-corrected chi connectivity index (χ2v) is 6.88. The highest BCUT2D eigenvalue weighted by Crippen LogP contribution is 2.26. The maximum absolute atomic E-state index is 12.4. The summed E-state index contributed by atoms with van der Waals surface area (Å²) in [5.41, 5.74) is 0. The Morgan fingerprint density at radius 2 is 2.22 bits per heavy atom. The van der Waals surface area contributed by atoms with Crippen LogP contribution in [0.25, 0.3) is 0 Å². The fraction of sp³-hybridized carbons (Fsp3) is 0.625. The van der Waals surface area contributed by atoms with Crippen LogP contribution < -0.4 is 10.2 Å². The number of pyridine rings is 1. The minimum absolute atomic E-state index is 0.0806. The van der Waals surface area contributed by atoms with Crippen molar-refractivity contribution in [2.75, 3.05) is 31.1 Å². The van der Waals surface area contributed by atoms with Gasteiger partial charge in [-0.05, 0) is 30.9 Å². The largest absolute Gasteiger partial charge is 0.391 e. The Balaban J connectivity index is 1.54. The predicted octanol–water partition coefficient (Wildman–Crippen LogP) is 1.73. The van der Waals surface area contributed by atoms with Gasteiger partial charge in [-0.2, -0.15) is 0 Å². The number of anilines is 1. The van der Waals surface area contributed by atoms with Gasteiger partial charge in [-0.15, -0.1) is 0 Å². The lowest BCUT2D eigenvalue weighted by Gasteiger charge is -2.34. The molecule has 2 amide bonds. The zero-order chi connectivity index (χ0) is 16.4. The number of hydrogen-bond donors (Lipinski definition) is 2. The number of β-amino-alcohol motifs (C(OH)–C–C–N with tert-alkyl or cyclic N) is 1. The van der Waals surface area contributed by atoms with E-state index < -0.39 is 6.10 Å². The van der Waals surface area contributed by atoms with Gasteiger partial charge in [-0.3, -0.25) is 0 Å². The van der Waals surface area contributed by atoms with Crippen molar-refractivity contribution in [3.8, 4) is 0 Å². The first-order chi connectivity index (χ1) is 11.0. The van der Waals surface area contributed by atoms with E-state index in [9.17, 15) is 9.90 Å². The predicted molar refractivity (Wildman–Crippen MR) is 89.8 cm³/mol. The molecule has 7 heteroatoms. The van der Waals surface area contributed by atoms with E-state index in [-0.39, 0.29) is 18.0 Å². The van der Waals surface area contributed by atoms with Gasteiger partial charge >= 0.3 is 6.03 Å². The lowest BCUT2D eigenvalue weighted by atomic mass is 9.96. The average molecular weight is 339 g/mol. The molecule has 1 aromatic heterocycles. The number of aliphatic hydroxyl groups excluding tert-OH is 1. The summed E-state index contributed by atoms with van der Waals surface area (Å²) in [5, 5.41) is 13.6. The molecule has 2 N–H and O–H groups in total. The maximum Gasteiger partial charge on any atom is 0.317 e. The van der Waals surface area contributed by atoms with Crippen molar-refractivity contribution < 1.29 is 9.90 Å². The van der Waals surface area contributed by atoms with Crippen molar-refractivity contribution in [3.63, 3.8) is 0 Å². The average Bonchev–Trinajstić information content (AvgIpc) is 2.98. The van der Waals surface area contributed by atoms with Gasteiger partial charge in [-0.1, -0.05) is 18.5 Å². The topological polar surface area (TPSA) is 68.7 Å². The lowest BCUT2D eigenvalue weighted by molar-refractivity contribution is 0.0431. The Morgan fingerprint density at radius 1 is 1.39 bits per heavy atom. The second kappa shape index (κ2) is 6.93. The minimum Gasteiger partial charge on any atom is -0.391 e. The number of urea groups is 1. The molecule has 3 atom stereocenters. The highest BCUT2D eigenvalue weighted by atomic mass is 35.5. The number of aromatic nitrogens is 1. The SMILES string of the molecule is CC1CCN(C(=O)NC2CCN(c3ncccc3Cl)C2)CC1O. The third-order valence-corrected chi connectivity index (χ3v) is 5.06. The molecule has 6 nitrogen and oxygen atoms in total. The van der Waals surface area contributed by atoms with Gasteiger partial charge in [-0.25, -0.2) is 9.78 Å². The summed E-state index contributed by atoms with van der Waals surface area (Å²) in [7, 11) is 0. The van der Waals surface area contributed by atoms with Gasteiger partial charge in [0, 0.05) is 38.4 Å². The molecule has 1 aromatic rings. The van der Waals surface area contributed by atoms with Crippen LogP contribution in [0.2, 0.25) is 5.02 Å². The summed E-state index contributed by atoms with van der Waals surface area (Å²) in [5.74, 6) is 1.03. The Hall–Kier alpha value is -1.53. The van der Waals surface area contributed by atoms with Crippen LogP contribution >= 0.6 is 11.6 Å². The number of likely N-dealkylation sites (tertiary alicyclic amines) is 1. The molecular formula is C16H23ClN4O2. The van der Waals surface area contributed by atoms with Gasteiger partial charge in [0.15, 0.2) is 0 Å². The van der Waals surface area contributed by atoms with Gasteiger partial charge < -0.3 is 20.2 Å². The quantitative estimate of drug-likeness (QED) is 0.861. The molecule has 0 spiro atoms. The Kier molecular flexibility index (Phi) is 4.92. The molecule has 0 bridgehead atoms. The van der Waals surface area contributed by atoms with Crippen LogP contribution in [-0.2, 0) is 0 Å². The number of nitrogens with one attached hydrogen (secondary N) is 1. The van der Waals surface area contributed by atoms with Crippen molar-refractivity contribution in [3.05, 3.63) is 23.4 Å². The van der Waals surface area contributed by atoms with E-state index >= 15 is 0 Å². The standard InChI is InChI=1S/C16H23ClN4O2/c1-11-4-7-21(10-14(11)22)16(23)19-12-5-8-20(9-12)15-13(17)3-2-6-18-15/h2-3,6,11-12,14,22H,4-5,7-10H2,1H3,(H,19,23). The zero-order valence-electron chi connectivity index (χ0n) is 13.3. The van der Waals surface area contributed by atoms with Crippen LogP contribution in [0.5, 0.6) is 0 Å². The first-order valence-corrected chi connectivity index (χ1v) is 8.51. The molecule has 0 aromatic carbocycles. The number of piperidine rings is 1. The molecule has 126 valence electrons. The smallest absolute Gasteiger partial charge is 0.317 e. The van der Waals surface area contributed by atoms with E-state index in [0.717, 1.165) is 25.2 Å². The van der Waals surface area contributed by atoms with E-state index in [2.05, 4.69) is 15.2 Å². The van der Waals surface area contributed by atoms with Crippen molar-refractivity contribution in [2.24, 2.45) is 5.92 Å². The molecule has 0 aliphatic carbocycles. The Labute approximate surface area is 141 Å². The van der Waals surface area contributed by atoms with E-state index in [1.54, 1.807) is 11.1 Å². The molecule has 0 saturated carbocycles. The fourth-order valence-corrected chi connectivity index (χ4v) is 3.42. The summed E-state index contributed by atoms with van der Waals surface area (Å²) in [6.07, 6.45) is 3.01. The molecule has 3 rings (SSSR count). The Bertz CT molecular complexity index is 571. The van der Waals surface area contributed by atoms with E-state index in [1.165, 1.54) is 0 Å². The van der Waals surface area contributed by atoms with Gasteiger partial charge in [0.2, 0.25) is 0 Å². The summed E-state index contributed by atoms with van der Waals surface area (Å²) in [6.45, 7) is 4.66. The first-order valence-electron chi connectivity index (χ1n) is 8.13. The third kappa shape index (κ3) is 3.70. The number of nitrogens with zero attached hydrogens (tertiary/aromatic N) is 3. The number of aliphatic hydroxyl groups is 1. The number of halogens is 1. The lowest BCUT2D eigenvalue weighted by Crippen LogP contribution is -2.52. The van der Waals surface area contributed by atoms with Crippen LogP contribution in [-0.4, -0.2) is 59.3 Å². The number of carbonyl (C=O) groups excluding carboxylic acids is 1. The molecular weight excluding hydrogens is 316 g/mol. The highest BCUT2D eigenvalue weighted by Gasteiger charge is 2.31. The third-order valence-electron chi connectivity index (χ3n) is 4.76. The number of amides is 2. The normalized spacial score (nSPS) is 28.0. The minimum atomic E-state index is -0.429. The van der Waals surface area contributed by atoms with Crippen LogP contribution in [0.15, 0.2) is 18.3 Å². The maximum atomic E-state index is 12.4. The fourth-order valence-electron chi connectivity index (χ4n) is 3.18. The van der Waals surface area contributed by atoms with E-state index in [1.807, 2.05) is 19.1 Å². The highest BCUT2D eigenvalue weighted by molar-refractivity contribution is 6.32. The molecule has 2 fully saturated rings. The molecule has 2 aliphatic rings. The monoisotopic (exact) mass is 338 g/mol. The van der Waals surface area contributed by atoms with Crippen LogP contribution in [0.3, 0.4) is 0 Å². The first kappa shape index (κ1) is 16.3. The molecule has 0 radical (unpaired) electrons. The number of rotatable bonds is 2. The molecule has 2 aliphatic heterocycles. The summed E-state index contributed by atoms with van der Waals surface area (Å²) in [4.78, 5) is 20.5.